The third-order valence-corrected chi connectivity index (χ3v) is 4.34. The van der Waals surface area contributed by atoms with Gasteiger partial charge in [-0.2, -0.15) is 4.98 Å². The van der Waals surface area contributed by atoms with Gasteiger partial charge in [0.2, 0.25) is 17.6 Å². The van der Waals surface area contributed by atoms with Gasteiger partial charge in [0, 0.05) is 38.0 Å². The smallest absolute Gasteiger partial charge is 0.227 e. The van der Waals surface area contributed by atoms with Gasteiger partial charge in [-0.15, -0.1) is 12.4 Å². The van der Waals surface area contributed by atoms with Crippen molar-refractivity contribution < 1.29 is 14.1 Å². The lowest BCUT2D eigenvalue weighted by Crippen LogP contribution is -2.38. The van der Waals surface area contributed by atoms with Crippen molar-refractivity contribution in [2.45, 2.75) is 25.3 Å². The minimum atomic E-state index is 0. The standard InChI is InChI=1S/C17H22N4O3.ClH/c1-21(13-9-10-18-11-13)16(22)8-7-15-19-17(20-24-15)12-3-5-14(23-2)6-4-12;/h3-6,13,18H,7-11H2,1-2H3;1H. The maximum atomic E-state index is 12.2. The summed E-state index contributed by atoms with van der Waals surface area (Å²) in [6, 6.07) is 7.73. The maximum Gasteiger partial charge on any atom is 0.227 e. The molecule has 0 spiro atoms. The summed E-state index contributed by atoms with van der Waals surface area (Å²) in [5.74, 6) is 1.88. The number of rotatable bonds is 6. The minimum absolute atomic E-state index is 0. The van der Waals surface area contributed by atoms with Crippen LogP contribution < -0.4 is 10.1 Å². The molecule has 136 valence electrons. The molecule has 1 saturated heterocycles. The molecule has 0 bridgehead atoms. The Balaban J connectivity index is 0.00000225. The molecule has 3 rings (SSSR count). The van der Waals surface area contributed by atoms with Gasteiger partial charge in [0.15, 0.2) is 0 Å². The van der Waals surface area contributed by atoms with Gasteiger partial charge in [-0.25, -0.2) is 0 Å². The van der Waals surface area contributed by atoms with Crippen molar-refractivity contribution in [3.05, 3.63) is 30.2 Å². The molecule has 25 heavy (non-hydrogen) atoms. The van der Waals surface area contributed by atoms with E-state index in [2.05, 4.69) is 15.5 Å². The Morgan fingerprint density at radius 1 is 1.40 bits per heavy atom. The topological polar surface area (TPSA) is 80.5 Å². The van der Waals surface area contributed by atoms with Crippen molar-refractivity contribution in [2.24, 2.45) is 0 Å². The molecule has 2 aromatic rings. The molecule has 7 nitrogen and oxygen atoms in total. The zero-order chi connectivity index (χ0) is 16.9. The lowest BCUT2D eigenvalue weighted by Gasteiger charge is -2.23. The molecule has 1 unspecified atom stereocenters. The van der Waals surface area contributed by atoms with E-state index < -0.39 is 0 Å². The summed E-state index contributed by atoms with van der Waals surface area (Å²) in [7, 11) is 3.48. The summed E-state index contributed by atoms with van der Waals surface area (Å²) in [4.78, 5) is 18.4. The summed E-state index contributed by atoms with van der Waals surface area (Å²) in [5, 5.41) is 7.25. The second kappa shape index (κ2) is 8.82. The highest BCUT2D eigenvalue weighted by atomic mass is 35.5. The molecule has 0 radical (unpaired) electrons. The molecule has 1 aliphatic rings. The number of ether oxygens (including phenoxy) is 1. The monoisotopic (exact) mass is 366 g/mol. The van der Waals surface area contributed by atoms with Crippen LogP contribution in [0.25, 0.3) is 11.4 Å². The van der Waals surface area contributed by atoms with E-state index in [9.17, 15) is 4.79 Å². The molecule has 1 fully saturated rings. The number of halogens is 1. The third kappa shape index (κ3) is 4.70. The first-order chi connectivity index (χ1) is 11.7. The molecule has 0 saturated carbocycles. The number of methoxy groups -OCH3 is 1. The van der Waals surface area contributed by atoms with Crippen molar-refractivity contribution in [1.82, 2.24) is 20.4 Å². The molecule has 1 aliphatic heterocycles. The lowest BCUT2D eigenvalue weighted by molar-refractivity contribution is -0.131. The average molecular weight is 367 g/mol. The summed E-state index contributed by atoms with van der Waals surface area (Å²) >= 11 is 0. The fourth-order valence-corrected chi connectivity index (χ4v) is 2.78. The Kier molecular flexibility index (Phi) is 6.78. The Hall–Kier alpha value is -2.12. The highest BCUT2D eigenvalue weighted by Gasteiger charge is 2.23. The van der Waals surface area contributed by atoms with Gasteiger partial charge in [-0.1, -0.05) is 5.16 Å². The molecule has 0 aliphatic carbocycles. The van der Waals surface area contributed by atoms with Gasteiger partial charge >= 0.3 is 0 Å². The Morgan fingerprint density at radius 3 is 2.80 bits per heavy atom. The van der Waals surface area contributed by atoms with Gasteiger partial charge in [0.05, 0.1) is 7.11 Å². The Labute approximate surface area is 153 Å². The second-order valence-electron chi connectivity index (χ2n) is 5.89. The first-order valence-electron chi connectivity index (χ1n) is 8.11. The molecule has 1 N–H and O–H groups in total. The third-order valence-electron chi connectivity index (χ3n) is 4.34. The van der Waals surface area contributed by atoms with Crippen LogP contribution in [-0.2, 0) is 11.2 Å². The number of nitrogens with zero attached hydrogens (tertiary/aromatic N) is 3. The number of amides is 1. The second-order valence-corrected chi connectivity index (χ2v) is 5.89. The van der Waals surface area contributed by atoms with Crippen LogP contribution in [0.1, 0.15) is 18.7 Å². The van der Waals surface area contributed by atoms with Crippen molar-refractivity contribution in [3.8, 4) is 17.1 Å². The normalized spacial score (nSPS) is 16.3. The van der Waals surface area contributed by atoms with Crippen LogP contribution in [-0.4, -0.2) is 54.2 Å². The SMILES string of the molecule is COc1ccc(-c2noc(CCC(=O)N(C)C3CCNC3)n2)cc1.Cl. The van der Waals surface area contributed by atoms with Gasteiger partial charge in [0.1, 0.15) is 5.75 Å². The van der Waals surface area contributed by atoms with Crippen LogP contribution in [0.2, 0.25) is 0 Å². The molecule has 1 atom stereocenters. The summed E-state index contributed by atoms with van der Waals surface area (Å²) in [5.41, 5.74) is 0.853. The zero-order valence-corrected chi connectivity index (χ0v) is 15.2. The fourth-order valence-electron chi connectivity index (χ4n) is 2.78. The number of carbonyl (C=O) groups excluding carboxylic acids is 1. The van der Waals surface area contributed by atoms with Crippen LogP contribution in [0.3, 0.4) is 0 Å². The van der Waals surface area contributed by atoms with E-state index >= 15 is 0 Å². The van der Waals surface area contributed by atoms with E-state index in [1.807, 2.05) is 36.2 Å². The van der Waals surface area contributed by atoms with Crippen LogP contribution in [0.15, 0.2) is 28.8 Å². The molecule has 2 heterocycles. The average Bonchev–Trinajstić information content (AvgIpc) is 3.31. The first-order valence-corrected chi connectivity index (χ1v) is 8.11. The minimum Gasteiger partial charge on any atom is -0.497 e. The molecule has 1 amide bonds. The molecular weight excluding hydrogens is 344 g/mol. The van der Waals surface area contributed by atoms with Crippen molar-refractivity contribution >= 4 is 18.3 Å². The summed E-state index contributed by atoms with van der Waals surface area (Å²) < 4.78 is 10.4. The van der Waals surface area contributed by atoms with E-state index in [0.29, 0.717) is 24.6 Å². The summed E-state index contributed by atoms with van der Waals surface area (Å²) in [6.45, 7) is 1.83. The van der Waals surface area contributed by atoms with Crippen molar-refractivity contribution in [3.63, 3.8) is 0 Å². The van der Waals surface area contributed by atoms with E-state index in [1.165, 1.54) is 0 Å². The Bertz CT molecular complexity index is 683. The molecule has 8 heteroatoms. The molecule has 1 aromatic carbocycles. The maximum absolute atomic E-state index is 12.2. The van der Waals surface area contributed by atoms with Gasteiger partial charge < -0.3 is 19.5 Å². The molecular formula is C17H23ClN4O3. The van der Waals surface area contributed by atoms with E-state index in [-0.39, 0.29) is 24.4 Å². The number of hydrogen-bond acceptors (Lipinski definition) is 6. The number of benzene rings is 1. The first kappa shape index (κ1) is 19.2. The van der Waals surface area contributed by atoms with Crippen molar-refractivity contribution in [1.29, 1.82) is 0 Å². The largest absolute Gasteiger partial charge is 0.497 e. The molecule has 1 aromatic heterocycles. The highest BCUT2D eigenvalue weighted by Crippen LogP contribution is 2.20. The Morgan fingerprint density at radius 2 is 2.16 bits per heavy atom. The predicted octanol–water partition coefficient (Wildman–Crippen LogP) is 1.92. The fraction of sp³-hybridized carbons (Fsp3) is 0.471. The van der Waals surface area contributed by atoms with Gasteiger partial charge in [-0.05, 0) is 37.2 Å². The van der Waals surface area contributed by atoms with Gasteiger partial charge in [-0.3, -0.25) is 4.79 Å². The predicted molar refractivity (Wildman–Crippen MR) is 95.9 cm³/mol. The number of hydrogen-bond donors (Lipinski definition) is 1. The quantitative estimate of drug-likeness (QED) is 0.841. The van der Waals surface area contributed by atoms with E-state index in [0.717, 1.165) is 30.8 Å². The number of nitrogens with one attached hydrogen (secondary N) is 1. The van der Waals surface area contributed by atoms with Crippen LogP contribution in [0.5, 0.6) is 5.75 Å². The number of aromatic nitrogens is 2. The summed E-state index contributed by atoms with van der Waals surface area (Å²) in [6.07, 6.45) is 1.83. The lowest BCUT2D eigenvalue weighted by atomic mass is 10.2. The number of likely N-dealkylation sites (N-methyl/N-ethyl adjacent to an activating group) is 1. The van der Waals surface area contributed by atoms with Crippen LogP contribution >= 0.6 is 12.4 Å². The van der Waals surface area contributed by atoms with Crippen LogP contribution in [0.4, 0.5) is 0 Å². The van der Waals surface area contributed by atoms with Gasteiger partial charge in [0.25, 0.3) is 0 Å². The highest BCUT2D eigenvalue weighted by molar-refractivity contribution is 5.85. The van der Waals surface area contributed by atoms with E-state index in [1.54, 1.807) is 7.11 Å². The number of aryl methyl sites for hydroxylation is 1. The van der Waals surface area contributed by atoms with Crippen molar-refractivity contribution in [2.75, 3.05) is 27.2 Å². The van der Waals surface area contributed by atoms with Crippen LogP contribution in [0, 0.1) is 0 Å². The zero-order valence-electron chi connectivity index (χ0n) is 14.4. The number of carbonyl (C=O) groups is 1. The van der Waals surface area contributed by atoms with E-state index in [4.69, 9.17) is 9.26 Å².